The van der Waals surface area contributed by atoms with Crippen molar-refractivity contribution in [1.29, 1.82) is 0 Å². The molecule has 0 spiro atoms. The molecule has 0 saturated carbocycles. The van der Waals surface area contributed by atoms with Gasteiger partial charge in [0.2, 0.25) is 6.29 Å². The number of benzene rings is 1. The van der Waals surface area contributed by atoms with Crippen molar-refractivity contribution in [2.24, 2.45) is 17.0 Å². The third-order valence-electron chi connectivity index (χ3n) is 5.87. The second kappa shape index (κ2) is 14.0. The van der Waals surface area contributed by atoms with Crippen LogP contribution in [-0.4, -0.2) is 62.5 Å². The van der Waals surface area contributed by atoms with Crippen molar-refractivity contribution in [2.45, 2.75) is 59.2 Å². The molecule has 1 N–H and O–H groups in total. The number of nitrogens with zero attached hydrogens (tertiary/aromatic N) is 3. The predicted octanol–water partition coefficient (Wildman–Crippen LogP) is 2.66. The number of nitrogens with one attached hydrogen (secondary N) is 1. The number of carbonyl (C=O) groups is 4. The fraction of sp³-hybridized carbons (Fsp3) is 0.583. The maximum absolute atomic E-state index is 13.0. The summed E-state index contributed by atoms with van der Waals surface area (Å²) >= 11 is 0. The topological polar surface area (TPSA) is 175 Å². The molecular formula is C24H32N4O9. The number of hydrogen-bond donors (Lipinski definition) is 1. The van der Waals surface area contributed by atoms with Crippen LogP contribution in [0, 0.1) is 11.8 Å². The first-order chi connectivity index (χ1) is 17.6. The van der Waals surface area contributed by atoms with Crippen molar-refractivity contribution in [3.8, 4) is 5.75 Å². The second-order valence-electron chi connectivity index (χ2n) is 8.53. The minimum Gasteiger partial charge on any atom is -0.467 e. The summed E-state index contributed by atoms with van der Waals surface area (Å²) in [4.78, 5) is 51.1. The molecule has 1 fully saturated rings. The molecule has 0 unspecified atom stereocenters. The smallest absolute Gasteiger partial charge is 0.335 e. The predicted molar refractivity (Wildman–Crippen MR) is 128 cm³/mol. The normalized spacial score (nSPS) is 22.7. The quantitative estimate of drug-likeness (QED) is 0.115. The molecule has 0 bridgehead atoms. The van der Waals surface area contributed by atoms with Crippen molar-refractivity contribution in [2.75, 3.05) is 20.2 Å². The monoisotopic (exact) mass is 520 g/mol. The van der Waals surface area contributed by atoms with E-state index in [0.29, 0.717) is 12.0 Å². The van der Waals surface area contributed by atoms with Crippen molar-refractivity contribution in [1.82, 2.24) is 5.32 Å². The largest absolute Gasteiger partial charge is 0.467 e. The van der Waals surface area contributed by atoms with E-state index in [0.717, 1.165) is 0 Å². The molecule has 5 atom stereocenters. The number of methoxy groups -OCH3 is 1. The highest BCUT2D eigenvalue weighted by Gasteiger charge is 2.48. The molecular weight excluding hydrogens is 488 g/mol. The Hall–Kier alpha value is -3.83. The van der Waals surface area contributed by atoms with Crippen molar-refractivity contribution in [3.05, 3.63) is 39.8 Å². The fourth-order valence-corrected chi connectivity index (χ4v) is 3.75. The van der Waals surface area contributed by atoms with Crippen LogP contribution in [0.25, 0.3) is 10.4 Å². The van der Waals surface area contributed by atoms with E-state index < -0.39 is 42.3 Å². The van der Waals surface area contributed by atoms with Gasteiger partial charge in [0.15, 0.2) is 12.2 Å². The molecule has 1 aromatic carbocycles. The average molecular weight is 521 g/mol. The Bertz CT molecular complexity index is 1040. The first-order valence-electron chi connectivity index (χ1n) is 11.7. The third kappa shape index (κ3) is 8.36. The zero-order valence-electron chi connectivity index (χ0n) is 21.5. The highest BCUT2D eigenvalue weighted by molar-refractivity contribution is 5.97. The molecule has 0 aliphatic carbocycles. The third-order valence-corrected chi connectivity index (χ3v) is 5.87. The molecule has 13 nitrogen and oxygen atoms in total. The lowest BCUT2D eigenvalue weighted by molar-refractivity contribution is -0.248. The number of esters is 3. The van der Waals surface area contributed by atoms with E-state index in [1.807, 2.05) is 0 Å². The number of rotatable bonds is 11. The van der Waals surface area contributed by atoms with Crippen LogP contribution in [0.15, 0.2) is 23.3 Å². The molecule has 0 aromatic heterocycles. The van der Waals surface area contributed by atoms with E-state index in [4.69, 9.17) is 29.2 Å². The summed E-state index contributed by atoms with van der Waals surface area (Å²) in [5.74, 6) is -2.79. The van der Waals surface area contributed by atoms with Crippen molar-refractivity contribution in [3.63, 3.8) is 0 Å². The van der Waals surface area contributed by atoms with Gasteiger partial charge in [-0.1, -0.05) is 25.0 Å². The van der Waals surface area contributed by atoms with E-state index >= 15 is 0 Å². The molecule has 1 heterocycles. The molecule has 2 rings (SSSR count). The Morgan fingerprint density at radius 3 is 2.49 bits per heavy atom. The highest BCUT2D eigenvalue weighted by atomic mass is 16.7. The van der Waals surface area contributed by atoms with Crippen LogP contribution in [0.2, 0.25) is 0 Å². The van der Waals surface area contributed by atoms with Crippen LogP contribution in [0.4, 0.5) is 0 Å². The van der Waals surface area contributed by atoms with E-state index in [2.05, 4.69) is 15.3 Å². The highest BCUT2D eigenvalue weighted by Crippen LogP contribution is 2.35. The van der Waals surface area contributed by atoms with Crippen LogP contribution in [0.1, 0.15) is 50.0 Å². The Kier molecular flexibility index (Phi) is 11.2. The van der Waals surface area contributed by atoms with Crippen LogP contribution in [0.5, 0.6) is 5.75 Å². The summed E-state index contributed by atoms with van der Waals surface area (Å²) in [5.41, 5.74) is 9.01. The van der Waals surface area contributed by atoms with Gasteiger partial charge in [-0.15, -0.1) is 0 Å². The summed E-state index contributed by atoms with van der Waals surface area (Å²) in [7, 11) is 1.24. The average Bonchev–Trinajstić information content (AvgIpc) is 2.86. The molecule has 0 radical (unpaired) electrons. The Labute approximate surface area is 214 Å². The van der Waals surface area contributed by atoms with Crippen LogP contribution >= 0.6 is 0 Å². The van der Waals surface area contributed by atoms with Gasteiger partial charge in [0.25, 0.3) is 5.91 Å². The first-order valence-corrected chi connectivity index (χ1v) is 11.7. The molecule has 37 heavy (non-hydrogen) atoms. The fourth-order valence-electron chi connectivity index (χ4n) is 3.75. The summed E-state index contributed by atoms with van der Waals surface area (Å²) in [6.45, 7) is 6.45. The Morgan fingerprint density at radius 2 is 1.86 bits per heavy atom. The first kappa shape index (κ1) is 29.4. The molecule has 202 valence electrons. The van der Waals surface area contributed by atoms with E-state index in [9.17, 15) is 19.2 Å². The van der Waals surface area contributed by atoms with E-state index in [1.165, 1.54) is 33.1 Å². The van der Waals surface area contributed by atoms with Crippen molar-refractivity contribution < 1.29 is 42.9 Å². The zero-order chi connectivity index (χ0) is 27.5. The van der Waals surface area contributed by atoms with Gasteiger partial charge in [0.05, 0.1) is 12.7 Å². The zero-order valence-corrected chi connectivity index (χ0v) is 21.5. The number of amides is 1. The van der Waals surface area contributed by atoms with Crippen LogP contribution < -0.4 is 10.1 Å². The van der Waals surface area contributed by atoms with Gasteiger partial charge in [0, 0.05) is 37.8 Å². The molecule has 1 aliphatic heterocycles. The minimum atomic E-state index is -1.23. The Morgan fingerprint density at radius 1 is 1.14 bits per heavy atom. The molecule has 1 aromatic rings. The van der Waals surface area contributed by atoms with Gasteiger partial charge in [-0.05, 0) is 35.6 Å². The lowest BCUT2D eigenvalue weighted by atomic mass is 9.83. The lowest BCUT2D eigenvalue weighted by Crippen LogP contribution is -2.55. The number of carbonyl (C=O) groups excluding carboxylic acids is 4. The van der Waals surface area contributed by atoms with Gasteiger partial charge in [-0.25, -0.2) is 4.79 Å². The van der Waals surface area contributed by atoms with E-state index in [1.54, 1.807) is 19.9 Å². The summed E-state index contributed by atoms with van der Waals surface area (Å²) in [5, 5.41) is 6.14. The number of azide groups is 1. The summed E-state index contributed by atoms with van der Waals surface area (Å²) in [6, 6.07) is 4.59. The van der Waals surface area contributed by atoms with Gasteiger partial charge < -0.3 is 29.0 Å². The second-order valence-corrected chi connectivity index (χ2v) is 8.53. The number of ether oxygens (including phenoxy) is 5. The summed E-state index contributed by atoms with van der Waals surface area (Å²) < 4.78 is 27.3. The van der Waals surface area contributed by atoms with Crippen molar-refractivity contribution >= 4 is 23.8 Å². The molecule has 13 heteroatoms. The van der Waals surface area contributed by atoms with Gasteiger partial charge in [0.1, 0.15) is 12.4 Å². The maximum Gasteiger partial charge on any atom is 0.335 e. The molecule has 1 aliphatic rings. The SMILES string of the molecule is COC(=O)[C@H]1O[C@@H](Oc2ccc(COC(C)=O)cc2C(=O)NCCCN=[N+]=[N-])[C@H](OC(C)=O)[C@@H](C)[C@@H]1C. The van der Waals surface area contributed by atoms with Gasteiger partial charge in [-0.2, -0.15) is 0 Å². The minimum absolute atomic E-state index is 0.0677. The Balaban J connectivity index is 2.37. The van der Waals surface area contributed by atoms with Crippen LogP contribution in [-0.2, 0) is 39.9 Å². The van der Waals surface area contributed by atoms with Gasteiger partial charge >= 0.3 is 17.9 Å². The summed E-state index contributed by atoms with van der Waals surface area (Å²) in [6.07, 6.45) is -2.68. The standard InChI is InChI=1S/C24H32N4O9/c1-13-14(2)21(35-16(4)30)24(37-20(13)23(32)33-5)36-19-8-7-17(12-34-15(3)29)11-18(19)22(31)26-9-6-10-27-28-25/h7-8,11,13-14,20-21,24H,6,9-10,12H2,1-5H3,(H,26,31)/t13-,14-,20-,21+,24+/m0/s1. The lowest BCUT2D eigenvalue weighted by Gasteiger charge is -2.42. The van der Waals surface area contributed by atoms with Crippen LogP contribution in [0.3, 0.4) is 0 Å². The van der Waals surface area contributed by atoms with E-state index in [-0.39, 0.29) is 42.8 Å². The number of hydrogen-bond acceptors (Lipinski definition) is 10. The molecule has 1 amide bonds. The maximum atomic E-state index is 13.0. The molecule has 1 saturated heterocycles. The van der Waals surface area contributed by atoms with Gasteiger partial charge in [-0.3, -0.25) is 14.4 Å².